The summed E-state index contributed by atoms with van der Waals surface area (Å²) in [6, 6.07) is 11.6. The van der Waals surface area contributed by atoms with Crippen LogP contribution in [-0.4, -0.2) is 27.7 Å². The first kappa shape index (κ1) is 19.0. The van der Waals surface area contributed by atoms with Crippen molar-refractivity contribution >= 4 is 33.0 Å². The Balaban J connectivity index is 1.97. The van der Waals surface area contributed by atoms with Crippen LogP contribution < -0.4 is 25.2 Å². The van der Waals surface area contributed by atoms with Crippen LogP contribution in [0.1, 0.15) is 5.56 Å². The van der Waals surface area contributed by atoms with Crippen molar-refractivity contribution in [1.82, 2.24) is 5.32 Å². The van der Waals surface area contributed by atoms with Crippen molar-refractivity contribution in [3.8, 4) is 11.5 Å². The fourth-order valence-electron chi connectivity index (χ4n) is 2.03. The molecule has 25 heavy (non-hydrogen) atoms. The van der Waals surface area contributed by atoms with Crippen molar-refractivity contribution < 1.29 is 17.9 Å². The quantitative estimate of drug-likeness (QED) is 0.656. The van der Waals surface area contributed by atoms with E-state index in [2.05, 4.69) is 10.6 Å². The Labute approximate surface area is 152 Å². The van der Waals surface area contributed by atoms with Gasteiger partial charge >= 0.3 is 0 Å². The number of benzene rings is 2. The second kappa shape index (κ2) is 8.15. The van der Waals surface area contributed by atoms with Crippen LogP contribution in [0.3, 0.4) is 0 Å². The maximum Gasteiger partial charge on any atom is 0.238 e. The molecule has 0 saturated heterocycles. The number of thiocarbonyl (C=S) groups is 1. The first-order valence-electron chi connectivity index (χ1n) is 7.21. The number of anilines is 1. The monoisotopic (exact) mass is 381 g/mol. The highest BCUT2D eigenvalue weighted by Crippen LogP contribution is 2.25. The third kappa shape index (κ3) is 5.59. The molecule has 0 aliphatic heterocycles. The second-order valence-corrected chi connectivity index (χ2v) is 7.07. The third-order valence-electron chi connectivity index (χ3n) is 3.31. The first-order chi connectivity index (χ1) is 11.8. The molecule has 0 aliphatic rings. The van der Waals surface area contributed by atoms with E-state index in [1.807, 2.05) is 0 Å². The second-order valence-electron chi connectivity index (χ2n) is 5.10. The number of nitrogens with one attached hydrogen (secondary N) is 2. The van der Waals surface area contributed by atoms with Crippen LogP contribution in [0, 0.1) is 0 Å². The molecule has 0 saturated carbocycles. The maximum absolute atomic E-state index is 11.2. The Kier molecular flexibility index (Phi) is 6.18. The minimum Gasteiger partial charge on any atom is -0.497 e. The molecule has 0 amide bonds. The van der Waals surface area contributed by atoms with Crippen molar-refractivity contribution in [3.05, 3.63) is 48.0 Å². The summed E-state index contributed by atoms with van der Waals surface area (Å²) in [5, 5.41) is 11.6. The number of rotatable bonds is 6. The van der Waals surface area contributed by atoms with E-state index in [1.165, 1.54) is 12.1 Å². The summed E-state index contributed by atoms with van der Waals surface area (Å²) in [7, 11) is -0.548. The van der Waals surface area contributed by atoms with Crippen molar-refractivity contribution in [2.24, 2.45) is 5.14 Å². The molecule has 4 N–H and O–H groups in total. The van der Waals surface area contributed by atoms with Crippen LogP contribution in [0.25, 0.3) is 0 Å². The van der Waals surface area contributed by atoms with Crippen LogP contribution in [0.4, 0.5) is 5.69 Å². The van der Waals surface area contributed by atoms with Gasteiger partial charge in [-0.2, -0.15) is 0 Å². The average molecular weight is 381 g/mol. The molecule has 2 rings (SSSR count). The van der Waals surface area contributed by atoms with Crippen molar-refractivity contribution in [2.75, 3.05) is 19.5 Å². The molecule has 2 aromatic rings. The number of sulfonamides is 1. The molecule has 2 aromatic carbocycles. The summed E-state index contributed by atoms with van der Waals surface area (Å²) in [4.78, 5) is 0.0698. The predicted molar refractivity (Wildman–Crippen MR) is 100 cm³/mol. The van der Waals surface area contributed by atoms with Gasteiger partial charge in [-0.1, -0.05) is 12.1 Å². The van der Waals surface area contributed by atoms with Gasteiger partial charge in [0.1, 0.15) is 11.5 Å². The number of nitrogens with two attached hydrogens (primary N) is 1. The van der Waals surface area contributed by atoms with Crippen LogP contribution in [0.5, 0.6) is 11.5 Å². The Morgan fingerprint density at radius 3 is 2.12 bits per heavy atom. The van der Waals surface area contributed by atoms with Gasteiger partial charge < -0.3 is 20.1 Å². The number of hydrogen-bond acceptors (Lipinski definition) is 5. The normalized spacial score (nSPS) is 10.8. The number of hydrogen-bond donors (Lipinski definition) is 3. The van der Waals surface area contributed by atoms with Gasteiger partial charge in [0.15, 0.2) is 5.11 Å². The maximum atomic E-state index is 11.2. The molecule has 7 nitrogen and oxygen atoms in total. The fourth-order valence-corrected chi connectivity index (χ4v) is 2.74. The fraction of sp³-hybridized carbons (Fsp3) is 0.188. The number of methoxy groups -OCH3 is 2. The highest BCUT2D eigenvalue weighted by atomic mass is 32.2. The van der Waals surface area contributed by atoms with Crippen LogP contribution >= 0.6 is 12.2 Å². The van der Waals surface area contributed by atoms with Gasteiger partial charge in [0.25, 0.3) is 0 Å². The standard InChI is InChI=1S/C16H19N3O4S2/c1-22-13-7-12(8-14(9-13)23-2)19-16(24)18-10-11-3-5-15(6-4-11)25(17,20)21/h3-9H,10H2,1-2H3,(H2,17,20,21)(H2,18,19,24). The van der Waals surface area contributed by atoms with Crippen molar-refractivity contribution in [2.45, 2.75) is 11.4 Å². The lowest BCUT2D eigenvalue weighted by Gasteiger charge is -2.13. The number of primary sulfonamides is 1. The molecule has 0 unspecified atom stereocenters. The first-order valence-corrected chi connectivity index (χ1v) is 9.17. The van der Waals surface area contributed by atoms with Gasteiger partial charge in [-0.3, -0.25) is 0 Å². The number of ether oxygens (including phenoxy) is 2. The Bertz CT molecular complexity index is 830. The van der Waals surface area contributed by atoms with Gasteiger partial charge in [-0.05, 0) is 29.9 Å². The molecule has 134 valence electrons. The van der Waals surface area contributed by atoms with Crippen LogP contribution in [-0.2, 0) is 16.6 Å². The van der Waals surface area contributed by atoms with Gasteiger partial charge in [0.05, 0.1) is 19.1 Å². The summed E-state index contributed by atoms with van der Waals surface area (Å²) in [6.45, 7) is 0.428. The molecule has 0 fully saturated rings. The van der Waals surface area contributed by atoms with Crippen LogP contribution in [0.2, 0.25) is 0 Å². The SMILES string of the molecule is COc1cc(NC(=S)NCc2ccc(S(N)(=O)=O)cc2)cc(OC)c1. The van der Waals surface area contributed by atoms with E-state index in [0.717, 1.165) is 11.3 Å². The van der Waals surface area contributed by atoms with Gasteiger partial charge in [-0.15, -0.1) is 0 Å². The highest BCUT2D eigenvalue weighted by Gasteiger charge is 2.07. The zero-order valence-electron chi connectivity index (χ0n) is 13.8. The summed E-state index contributed by atoms with van der Waals surface area (Å²) in [5.41, 5.74) is 1.58. The molecule has 0 radical (unpaired) electrons. The highest BCUT2D eigenvalue weighted by molar-refractivity contribution is 7.89. The molecule has 0 bridgehead atoms. The van der Waals surface area contributed by atoms with E-state index in [1.54, 1.807) is 44.6 Å². The van der Waals surface area contributed by atoms with Crippen molar-refractivity contribution in [3.63, 3.8) is 0 Å². The molecule has 0 aliphatic carbocycles. The zero-order valence-corrected chi connectivity index (χ0v) is 15.4. The lowest BCUT2D eigenvalue weighted by molar-refractivity contribution is 0.395. The Hall–Kier alpha value is -2.36. The molecule has 9 heteroatoms. The van der Waals surface area contributed by atoms with E-state index in [0.29, 0.717) is 23.2 Å². The Morgan fingerprint density at radius 1 is 1.08 bits per heavy atom. The van der Waals surface area contributed by atoms with E-state index >= 15 is 0 Å². The van der Waals surface area contributed by atoms with E-state index in [4.69, 9.17) is 26.8 Å². The minimum atomic E-state index is -3.69. The summed E-state index contributed by atoms with van der Waals surface area (Å²) in [6.07, 6.45) is 0. The average Bonchev–Trinajstić information content (AvgIpc) is 2.59. The Morgan fingerprint density at radius 2 is 1.64 bits per heavy atom. The molecular weight excluding hydrogens is 362 g/mol. The van der Waals surface area contributed by atoms with Crippen molar-refractivity contribution in [1.29, 1.82) is 0 Å². The molecule has 0 atom stereocenters. The summed E-state index contributed by atoms with van der Waals surface area (Å²) < 4.78 is 32.9. The smallest absolute Gasteiger partial charge is 0.238 e. The molecule has 0 aromatic heterocycles. The minimum absolute atomic E-state index is 0.0698. The van der Waals surface area contributed by atoms with E-state index < -0.39 is 10.0 Å². The molecule has 0 heterocycles. The van der Waals surface area contributed by atoms with Gasteiger partial charge in [0, 0.05) is 30.4 Å². The zero-order chi connectivity index (χ0) is 18.4. The third-order valence-corrected chi connectivity index (χ3v) is 4.49. The molecular formula is C16H19N3O4S2. The van der Waals surface area contributed by atoms with Crippen LogP contribution in [0.15, 0.2) is 47.4 Å². The predicted octanol–water partition coefficient (Wildman–Crippen LogP) is 1.84. The largest absolute Gasteiger partial charge is 0.497 e. The topological polar surface area (TPSA) is 103 Å². The van der Waals surface area contributed by atoms with E-state index in [9.17, 15) is 8.42 Å². The van der Waals surface area contributed by atoms with Gasteiger partial charge in [-0.25, -0.2) is 13.6 Å². The molecule has 0 spiro atoms. The summed E-state index contributed by atoms with van der Waals surface area (Å²) >= 11 is 5.26. The summed E-state index contributed by atoms with van der Waals surface area (Å²) in [5.74, 6) is 1.28. The lowest BCUT2D eigenvalue weighted by atomic mass is 10.2. The van der Waals surface area contributed by atoms with Gasteiger partial charge in [0.2, 0.25) is 10.0 Å². The van der Waals surface area contributed by atoms with E-state index in [-0.39, 0.29) is 4.90 Å². The lowest BCUT2D eigenvalue weighted by Crippen LogP contribution is -2.27.